The van der Waals surface area contributed by atoms with Crippen molar-refractivity contribution in [2.24, 2.45) is 0 Å². The third-order valence-corrected chi connectivity index (χ3v) is 6.98. The van der Waals surface area contributed by atoms with Crippen LogP contribution in [-0.2, 0) is 46.4 Å². The molecule has 0 radical (unpaired) electrons. The van der Waals surface area contributed by atoms with Crippen molar-refractivity contribution in [3.05, 3.63) is 113 Å². The quantitative estimate of drug-likeness (QED) is 0.0934. The predicted octanol–water partition coefficient (Wildman–Crippen LogP) is 7.16. The Balaban J connectivity index is 1.72. The van der Waals surface area contributed by atoms with Crippen molar-refractivity contribution in [1.82, 2.24) is 0 Å². The van der Waals surface area contributed by atoms with E-state index in [0.717, 1.165) is 61.6 Å². The zero-order chi connectivity index (χ0) is 29.8. The van der Waals surface area contributed by atoms with Crippen molar-refractivity contribution in [3.8, 4) is 16.9 Å². The van der Waals surface area contributed by atoms with Crippen LogP contribution in [0.1, 0.15) is 61.4 Å². The molecule has 3 aromatic rings. The standard InChI is InChI=1S/C36H42O5/c1-6-31-23-29(9-7-21-37)17-19-32(31)33-20-18-30(24-34(33)41-36(39)26(4)5)16-15-28-13-11-27(12-14-28)10-8-22-40-35(38)25(2)3/h11-14,17-20,23-24,37H,2,4,6-10,15-16,21-22H2,1,3,5H3. The molecular weight excluding hydrogens is 512 g/mol. The maximum absolute atomic E-state index is 12.5. The van der Waals surface area contributed by atoms with Gasteiger partial charge >= 0.3 is 11.9 Å². The molecule has 5 heteroatoms. The molecule has 41 heavy (non-hydrogen) atoms. The average molecular weight is 555 g/mol. The van der Waals surface area contributed by atoms with Gasteiger partial charge in [0.25, 0.3) is 0 Å². The second-order valence-corrected chi connectivity index (χ2v) is 10.5. The number of carbonyl (C=O) groups is 2. The van der Waals surface area contributed by atoms with Crippen LogP contribution in [0.15, 0.2) is 85.0 Å². The molecule has 0 saturated carbocycles. The summed E-state index contributed by atoms with van der Waals surface area (Å²) in [6, 6.07) is 21.0. The summed E-state index contributed by atoms with van der Waals surface area (Å²) in [7, 11) is 0. The van der Waals surface area contributed by atoms with Crippen LogP contribution in [0.2, 0.25) is 0 Å². The van der Waals surface area contributed by atoms with Crippen LogP contribution in [0, 0.1) is 0 Å². The van der Waals surface area contributed by atoms with E-state index >= 15 is 0 Å². The second-order valence-electron chi connectivity index (χ2n) is 10.5. The maximum atomic E-state index is 12.5. The molecule has 0 aliphatic carbocycles. The lowest BCUT2D eigenvalue weighted by molar-refractivity contribution is -0.139. The van der Waals surface area contributed by atoms with Gasteiger partial charge in [-0.15, -0.1) is 0 Å². The third kappa shape index (κ3) is 9.58. The monoisotopic (exact) mass is 554 g/mol. The van der Waals surface area contributed by atoms with E-state index in [2.05, 4.69) is 68.6 Å². The molecule has 0 heterocycles. The van der Waals surface area contributed by atoms with Gasteiger partial charge in [0.05, 0.1) is 6.61 Å². The van der Waals surface area contributed by atoms with Gasteiger partial charge in [0.1, 0.15) is 5.75 Å². The van der Waals surface area contributed by atoms with Crippen LogP contribution in [0.5, 0.6) is 5.75 Å². The van der Waals surface area contributed by atoms with E-state index in [0.29, 0.717) is 23.5 Å². The van der Waals surface area contributed by atoms with Gasteiger partial charge in [0.2, 0.25) is 0 Å². The number of hydrogen-bond donors (Lipinski definition) is 1. The topological polar surface area (TPSA) is 72.8 Å². The van der Waals surface area contributed by atoms with Crippen molar-refractivity contribution in [3.63, 3.8) is 0 Å². The number of benzene rings is 3. The summed E-state index contributed by atoms with van der Waals surface area (Å²) in [4.78, 5) is 24.0. The summed E-state index contributed by atoms with van der Waals surface area (Å²) >= 11 is 0. The Morgan fingerprint density at radius 3 is 1.85 bits per heavy atom. The second kappa shape index (κ2) is 15.7. The van der Waals surface area contributed by atoms with Crippen molar-refractivity contribution in [1.29, 1.82) is 0 Å². The minimum absolute atomic E-state index is 0.171. The fraction of sp³-hybridized carbons (Fsp3) is 0.333. The van der Waals surface area contributed by atoms with E-state index in [9.17, 15) is 14.7 Å². The van der Waals surface area contributed by atoms with Gasteiger partial charge in [0.15, 0.2) is 0 Å². The number of aryl methyl sites for hydroxylation is 5. The highest BCUT2D eigenvalue weighted by molar-refractivity contribution is 5.90. The van der Waals surface area contributed by atoms with Gasteiger partial charge in [-0.25, -0.2) is 9.59 Å². The third-order valence-electron chi connectivity index (χ3n) is 6.98. The van der Waals surface area contributed by atoms with E-state index in [1.807, 2.05) is 12.1 Å². The minimum Gasteiger partial charge on any atom is -0.462 e. The van der Waals surface area contributed by atoms with Crippen LogP contribution in [-0.4, -0.2) is 30.3 Å². The van der Waals surface area contributed by atoms with Gasteiger partial charge in [0, 0.05) is 23.3 Å². The molecule has 0 saturated heterocycles. The number of hydrogen-bond acceptors (Lipinski definition) is 5. The number of aliphatic hydroxyl groups excluding tert-OH is 1. The van der Waals surface area contributed by atoms with Crippen LogP contribution in [0.4, 0.5) is 0 Å². The highest BCUT2D eigenvalue weighted by Crippen LogP contribution is 2.35. The lowest BCUT2D eigenvalue weighted by Gasteiger charge is -2.16. The molecular formula is C36H42O5. The number of carbonyl (C=O) groups excluding carboxylic acids is 2. The molecule has 0 aromatic heterocycles. The molecule has 0 aliphatic rings. The summed E-state index contributed by atoms with van der Waals surface area (Å²) in [5, 5.41) is 9.20. The van der Waals surface area contributed by atoms with E-state index in [1.54, 1.807) is 13.8 Å². The molecule has 0 unspecified atom stereocenters. The Morgan fingerprint density at radius 2 is 1.24 bits per heavy atom. The van der Waals surface area contributed by atoms with Gasteiger partial charge in [-0.2, -0.15) is 0 Å². The van der Waals surface area contributed by atoms with Crippen LogP contribution in [0.25, 0.3) is 11.1 Å². The number of rotatable bonds is 15. The average Bonchev–Trinajstić information content (AvgIpc) is 2.97. The van der Waals surface area contributed by atoms with Crippen LogP contribution < -0.4 is 4.74 Å². The van der Waals surface area contributed by atoms with Crippen molar-refractivity contribution >= 4 is 11.9 Å². The first kappa shape index (κ1) is 31.6. The van der Waals surface area contributed by atoms with E-state index in [-0.39, 0.29) is 12.6 Å². The Morgan fingerprint density at radius 1 is 0.707 bits per heavy atom. The predicted molar refractivity (Wildman–Crippen MR) is 165 cm³/mol. The van der Waals surface area contributed by atoms with Crippen molar-refractivity contribution in [2.45, 2.75) is 65.7 Å². The van der Waals surface area contributed by atoms with E-state index in [1.165, 1.54) is 22.3 Å². The first-order valence-electron chi connectivity index (χ1n) is 14.4. The molecule has 216 valence electrons. The fourth-order valence-electron chi connectivity index (χ4n) is 4.58. The number of aliphatic hydroxyl groups is 1. The molecule has 3 rings (SSSR count). The molecule has 0 amide bonds. The normalized spacial score (nSPS) is 10.7. The first-order valence-corrected chi connectivity index (χ1v) is 14.4. The molecule has 5 nitrogen and oxygen atoms in total. The first-order chi connectivity index (χ1) is 19.7. The van der Waals surface area contributed by atoms with Gasteiger partial charge in [-0.05, 0) is 98.2 Å². The Kier molecular flexibility index (Phi) is 12.1. The molecule has 0 spiro atoms. The van der Waals surface area contributed by atoms with Crippen molar-refractivity contribution < 1.29 is 24.2 Å². The SMILES string of the molecule is C=C(C)C(=O)OCCCc1ccc(CCc2ccc(-c3ccc(CCCO)cc3CC)c(OC(=O)C(=C)C)c2)cc1. The molecule has 0 bridgehead atoms. The fourth-order valence-corrected chi connectivity index (χ4v) is 4.58. The minimum atomic E-state index is -0.439. The molecule has 0 fully saturated rings. The summed E-state index contributed by atoms with van der Waals surface area (Å²) in [6.07, 6.45) is 5.65. The van der Waals surface area contributed by atoms with E-state index in [4.69, 9.17) is 9.47 Å². The molecule has 3 aromatic carbocycles. The van der Waals surface area contributed by atoms with E-state index < -0.39 is 5.97 Å². The Bertz CT molecular complexity index is 1370. The largest absolute Gasteiger partial charge is 0.462 e. The van der Waals surface area contributed by atoms with Crippen molar-refractivity contribution in [2.75, 3.05) is 13.2 Å². The van der Waals surface area contributed by atoms with Gasteiger partial charge in [-0.1, -0.05) is 74.7 Å². The van der Waals surface area contributed by atoms with Gasteiger partial charge in [-0.3, -0.25) is 0 Å². The number of esters is 2. The van der Waals surface area contributed by atoms with Gasteiger partial charge < -0.3 is 14.6 Å². The van der Waals surface area contributed by atoms with Crippen LogP contribution in [0.3, 0.4) is 0 Å². The zero-order valence-electron chi connectivity index (χ0n) is 24.6. The smallest absolute Gasteiger partial charge is 0.338 e. The van der Waals surface area contributed by atoms with Crippen LogP contribution >= 0.6 is 0 Å². The Hall–Kier alpha value is -3.96. The lowest BCUT2D eigenvalue weighted by atomic mass is 9.92. The number of ether oxygens (including phenoxy) is 2. The Labute approximate surface area is 244 Å². The summed E-state index contributed by atoms with van der Waals surface area (Å²) in [6.45, 7) is 13.3. The highest BCUT2D eigenvalue weighted by Gasteiger charge is 2.16. The zero-order valence-corrected chi connectivity index (χ0v) is 24.6. The summed E-state index contributed by atoms with van der Waals surface area (Å²) in [5.74, 6) is -0.245. The molecule has 1 N–H and O–H groups in total. The maximum Gasteiger partial charge on any atom is 0.338 e. The lowest BCUT2D eigenvalue weighted by Crippen LogP contribution is -2.09. The molecule has 0 aliphatic heterocycles. The summed E-state index contributed by atoms with van der Waals surface area (Å²) in [5.41, 5.74) is 8.56. The molecule has 0 atom stereocenters. The highest BCUT2D eigenvalue weighted by atomic mass is 16.5. The summed E-state index contributed by atoms with van der Waals surface area (Å²) < 4.78 is 11.0.